The van der Waals surface area contributed by atoms with Crippen LogP contribution < -0.4 is 4.74 Å². The number of hydrogen-bond acceptors (Lipinski definition) is 4. The lowest BCUT2D eigenvalue weighted by atomic mass is 10.1. The minimum atomic E-state index is -0.676. The van der Waals surface area contributed by atoms with Crippen LogP contribution in [0, 0.1) is 25.2 Å². The van der Waals surface area contributed by atoms with Crippen LogP contribution in [-0.4, -0.2) is 10.5 Å². The van der Waals surface area contributed by atoms with E-state index in [1.165, 1.54) is 0 Å². The fourth-order valence-corrected chi connectivity index (χ4v) is 3.76. The Morgan fingerprint density at radius 3 is 2.67 bits per heavy atom. The van der Waals surface area contributed by atoms with Gasteiger partial charge in [-0.15, -0.1) is 0 Å². The van der Waals surface area contributed by atoms with E-state index in [9.17, 15) is 10.1 Å². The Morgan fingerprint density at radius 2 is 1.90 bits per heavy atom. The van der Waals surface area contributed by atoms with E-state index < -0.39 is 5.97 Å². The summed E-state index contributed by atoms with van der Waals surface area (Å²) in [5.41, 5.74) is 4.44. The molecule has 0 bridgehead atoms. The molecule has 5 heteroatoms. The van der Waals surface area contributed by atoms with Gasteiger partial charge in [0.2, 0.25) is 0 Å². The normalized spacial score (nSPS) is 11.7. The van der Waals surface area contributed by atoms with Gasteiger partial charge in [-0.3, -0.25) is 0 Å². The van der Waals surface area contributed by atoms with E-state index in [0.717, 1.165) is 51.9 Å². The van der Waals surface area contributed by atoms with Crippen LogP contribution in [0.1, 0.15) is 30.3 Å². The summed E-state index contributed by atoms with van der Waals surface area (Å²) in [5.74, 6) is -0.304. The van der Waals surface area contributed by atoms with Crippen molar-refractivity contribution in [3.8, 4) is 11.8 Å². The zero-order chi connectivity index (χ0) is 21.3. The van der Waals surface area contributed by atoms with Gasteiger partial charge in [-0.2, -0.15) is 5.26 Å². The number of nitriles is 1. The van der Waals surface area contributed by atoms with Gasteiger partial charge in [0.15, 0.2) is 0 Å². The summed E-state index contributed by atoms with van der Waals surface area (Å²) in [6.45, 7) is 7.03. The van der Waals surface area contributed by atoms with Crippen LogP contribution in [0.15, 0.2) is 58.5 Å². The van der Waals surface area contributed by atoms with Crippen LogP contribution >= 0.6 is 0 Å². The predicted molar refractivity (Wildman–Crippen MR) is 117 cm³/mol. The van der Waals surface area contributed by atoms with Crippen molar-refractivity contribution < 1.29 is 13.9 Å². The highest BCUT2D eigenvalue weighted by Crippen LogP contribution is 2.31. The lowest BCUT2D eigenvalue weighted by Crippen LogP contribution is -2.10. The molecule has 0 atom stereocenters. The molecule has 30 heavy (non-hydrogen) atoms. The Hall–Kier alpha value is -3.78. The van der Waals surface area contributed by atoms with Gasteiger partial charge < -0.3 is 13.7 Å². The Bertz CT molecular complexity index is 1330. The number of para-hydroxylation sites is 1. The van der Waals surface area contributed by atoms with Crippen molar-refractivity contribution in [2.75, 3.05) is 0 Å². The summed E-state index contributed by atoms with van der Waals surface area (Å²) in [4.78, 5) is 12.7. The molecule has 0 amide bonds. The monoisotopic (exact) mass is 398 g/mol. The largest absolute Gasteiger partial charge is 0.456 e. The topological polar surface area (TPSA) is 68.2 Å². The minimum Gasteiger partial charge on any atom is -0.456 e. The van der Waals surface area contributed by atoms with Crippen molar-refractivity contribution >= 4 is 34.0 Å². The number of esters is 1. The number of carbonyl (C=O) groups excluding carboxylic acids is 1. The van der Waals surface area contributed by atoms with E-state index in [1.807, 2.05) is 50.2 Å². The number of benzene rings is 2. The first-order chi connectivity index (χ1) is 14.5. The number of carbonyl (C=O) groups is 1. The van der Waals surface area contributed by atoms with Gasteiger partial charge in [0.1, 0.15) is 28.6 Å². The molecule has 2 aromatic carbocycles. The summed E-state index contributed by atoms with van der Waals surface area (Å²) in [6, 6.07) is 16.9. The maximum Gasteiger partial charge on any atom is 0.354 e. The summed E-state index contributed by atoms with van der Waals surface area (Å²) >= 11 is 0. The second-order valence-electron chi connectivity index (χ2n) is 7.29. The quantitative estimate of drug-likeness (QED) is 0.181. The van der Waals surface area contributed by atoms with Crippen LogP contribution in [0.2, 0.25) is 0 Å². The molecular weight excluding hydrogens is 376 g/mol. The average Bonchev–Trinajstić information content (AvgIpc) is 3.24. The molecule has 0 aliphatic carbocycles. The third-order valence-corrected chi connectivity index (χ3v) is 5.26. The number of fused-ring (bicyclic) bond motifs is 3. The maximum absolute atomic E-state index is 12.7. The molecule has 0 saturated carbocycles. The Morgan fingerprint density at radius 1 is 1.13 bits per heavy atom. The molecule has 4 aromatic rings. The minimum absolute atomic E-state index is 0.0381. The molecule has 4 rings (SSSR count). The molecule has 5 nitrogen and oxygen atoms in total. The van der Waals surface area contributed by atoms with Crippen molar-refractivity contribution in [2.45, 2.75) is 33.7 Å². The summed E-state index contributed by atoms with van der Waals surface area (Å²) < 4.78 is 13.5. The molecule has 0 unspecified atom stereocenters. The van der Waals surface area contributed by atoms with Gasteiger partial charge in [-0.1, -0.05) is 25.1 Å². The molecule has 0 aliphatic rings. The van der Waals surface area contributed by atoms with Gasteiger partial charge >= 0.3 is 5.97 Å². The molecule has 0 saturated heterocycles. The fourth-order valence-electron chi connectivity index (χ4n) is 3.76. The Balaban J connectivity index is 1.64. The van der Waals surface area contributed by atoms with Crippen molar-refractivity contribution in [2.24, 2.45) is 0 Å². The summed E-state index contributed by atoms with van der Waals surface area (Å²) in [5, 5.41) is 11.4. The number of hydrogen-bond donors (Lipinski definition) is 0. The second-order valence-corrected chi connectivity index (χ2v) is 7.29. The Kier molecular flexibility index (Phi) is 5.16. The number of ether oxygens (including phenoxy) is 1. The summed E-state index contributed by atoms with van der Waals surface area (Å²) in [6.07, 6.45) is 2.61. The smallest absolute Gasteiger partial charge is 0.354 e. The number of aryl methyl sites for hydroxylation is 1. The first-order valence-corrected chi connectivity index (χ1v) is 9.93. The zero-order valence-electron chi connectivity index (χ0n) is 17.2. The lowest BCUT2D eigenvalue weighted by Gasteiger charge is -2.07. The number of rotatable bonds is 5. The van der Waals surface area contributed by atoms with Gasteiger partial charge in [0, 0.05) is 28.7 Å². The van der Waals surface area contributed by atoms with Crippen LogP contribution in [0.5, 0.6) is 5.75 Å². The Labute approximate surface area is 174 Å². The molecule has 0 fully saturated rings. The third kappa shape index (κ3) is 3.48. The van der Waals surface area contributed by atoms with E-state index in [4.69, 9.17) is 9.15 Å². The van der Waals surface area contributed by atoms with Crippen LogP contribution in [0.25, 0.3) is 28.0 Å². The van der Waals surface area contributed by atoms with Crippen molar-refractivity contribution in [3.63, 3.8) is 0 Å². The SMILES string of the molecule is CCCn1c(C)cc(/C=C(\C#N)C(=O)Oc2ccc3oc4ccccc4c3c2)c1C. The molecule has 0 spiro atoms. The van der Waals surface area contributed by atoms with Gasteiger partial charge in [0.05, 0.1) is 0 Å². The predicted octanol–water partition coefficient (Wildman–Crippen LogP) is 5.93. The first-order valence-electron chi connectivity index (χ1n) is 9.93. The van der Waals surface area contributed by atoms with E-state index >= 15 is 0 Å². The standard InChI is InChI=1S/C25H22N2O3/c1-4-11-27-16(2)12-18(17(27)3)13-19(15-26)25(28)29-20-9-10-24-22(14-20)21-7-5-6-8-23(21)30-24/h5-10,12-14H,4,11H2,1-3H3/b19-13+. The molecule has 2 aromatic heterocycles. The highest BCUT2D eigenvalue weighted by atomic mass is 16.5. The van der Waals surface area contributed by atoms with Gasteiger partial charge in [0.25, 0.3) is 0 Å². The van der Waals surface area contributed by atoms with Crippen LogP contribution in [0.4, 0.5) is 0 Å². The van der Waals surface area contributed by atoms with Gasteiger partial charge in [-0.25, -0.2) is 4.79 Å². The molecule has 0 aliphatic heterocycles. The number of aromatic nitrogens is 1. The summed E-state index contributed by atoms with van der Waals surface area (Å²) in [7, 11) is 0. The number of furan rings is 1. The fraction of sp³-hybridized carbons (Fsp3) is 0.200. The van der Waals surface area contributed by atoms with E-state index in [1.54, 1.807) is 24.3 Å². The highest BCUT2D eigenvalue weighted by molar-refractivity contribution is 6.06. The van der Waals surface area contributed by atoms with Crippen LogP contribution in [0.3, 0.4) is 0 Å². The second kappa shape index (κ2) is 7.92. The van der Waals surface area contributed by atoms with Gasteiger partial charge in [-0.05, 0) is 62.2 Å². The number of nitrogens with zero attached hydrogens (tertiary/aromatic N) is 2. The first kappa shape index (κ1) is 19.5. The molecular formula is C25H22N2O3. The lowest BCUT2D eigenvalue weighted by molar-refractivity contribution is -0.129. The highest BCUT2D eigenvalue weighted by Gasteiger charge is 2.16. The third-order valence-electron chi connectivity index (χ3n) is 5.26. The zero-order valence-corrected chi connectivity index (χ0v) is 17.2. The van der Waals surface area contributed by atoms with Crippen molar-refractivity contribution in [1.82, 2.24) is 4.57 Å². The maximum atomic E-state index is 12.7. The van der Waals surface area contributed by atoms with E-state index in [-0.39, 0.29) is 5.57 Å². The molecule has 0 radical (unpaired) electrons. The van der Waals surface area contributed by atoms with E-state index in [0.29, 0.717) is 5.75 Å². The van der Waals surface area contributed by atoms with Crippen LogP contribution in [-0.2, 0) is 11.3 Å². The molecule has 150 valence electrons. The molecule has 2 heterocycles. The van der Waals surface area contributed by atoms with E-state index in [2.05, 4.69) is 11.5 Å². The van der Waals surface area contributed by atoms with Crippen molar-refractivity contribution in [3.05, 3.63) is 71.1 Å². The molecule has 0 N–H and O–H groups in total. The van der Waals surface area contributed by atoms with Crippen molar-refractivity contribution in [1.29, 1.82) is 5.26 Å². The average molecular weight is 398 g/mol.